The highest BCUT2D eigenvalue weighted by Crippen LogP contribution is 2.68. The van der Waals surface area contributed by atoms with Gasteiger partial charge in [-0.25, -0.2) is 4.79 Å². The molecule has 1 spiro atoms. The van der Waals surface area contributed by atoms with Crippen molar-refractivity contribution in [2.75, 3.05) is 40.9 Å². The van der Waals surface area contributed by atoms with E-state index < -0.39 is 12.1 Å². The van der Waals surface area contributed by atoms with Crippen molar-refractivity contribution in [1.29, 1.82) is 0 Å². The van der Waals surface area contributed by atoms with Crippen LogP contribution in [0.5, 0.6) is 0 Å². The minimum Gasteiger partial charge on any atom is -0.443 e. The van der Waals surface area contributed by atoms with Gasteiger partial charge >= 0.3 is 6.09 Å². The molecule has 0 aromatic heterocycles. The molecule has 2 saturated carbocycles. The van der Waals surface area contributed by atoms with E-state index in [0.717, 1.165) is 32.4 Å². The predicted octanol–water partition coefficient (Wildman–Crippen LogP) is 4.39. The van der Waals surface area contributed by atoms with Crippen LogP contribution >= 0.6 is 0 Å². The van der Waals surface area contributed by atoms with Gasteiger partial charge in [-0.15, -0.1) is 0 Å². The molecule has 2 amide bonds. The highest BCUT2D eigenvalue weighted by molar-refractivity contribution is 5.85. The second kappa shape index (κ2) is 11.8. The summed E-state index contributed by atoms with van der Waals surface area (Å²) in [6.45, 7) is 16.8. The Hall–Kier alpha value is -1.64. The molecule has 7 atom stereocenters. The van der Waals surface area contributed by atoms with Gasteiger partial charge in [-0.2, -0.15) is 0 Å². The molecule has 1 heterocycles. The molecule has 8 heteroatoms. The second-order valence-electron chi connectivity index (χ2n) is 13.9. The Morgan fingerprint density at radius 1 is 1.24 bits per heavy atom. The van der Waals surface area contributed by atoms with E-state index in [0.29, 0.717) is 18.9 Å². The molecule has 1 saturated heterocycles. The van der Waals surface area contributed by atoms with Gasteiger partial charge in [0.05, 0.1) is 12.2 Å². The lowest BCUT2D eigenvalue weighted by Gasteiger charge is -2.44. The van der Waals surface area contributed by atoms with Crippen molar-refractivity contribution in [1.82, 2.24) is 15.5 Å². The van der Waals surface area contributed by atoms with Crippen molar-refractivity contribution in [2.24, 2.45) is 28.6 Å². The Morgan fingerprint density at radius 2 is 1.89 bits per heavy atom. The third-order valence-electron chi connectivity index (χ3n) is 8.85. The molecule has 2 N–H and O–H groups in total. The highest BCUT2D eigenvalue weighted by Gasteiger charge is 2.70. The summed E-state index contributed by atoms with van der Waals surface area (Å²) in [5.41, 5.74) is 1.19. The molecule has 0 radical (unpaired) electrons. The number of methoxy groups -OCH3 is 1. The molecule has 0 aromatic carbocycles. The van der Waals surface area contributed by atoms with Crippen molar-refractivity contribution in [2.45, 2.75) is 98.0 Å². The Kier molecular flexibility index (Phi) is 9.63. The number of alkyl carbamates (subject to hydrolysis) is 1. The minimum absolute atomic E-state index is 0.0822. The van der Waals surface area contributed by atoms with Crippen LogP contribution in [0.1, 0.15) is 74.1 Å². The lowest BCUT2D eigenvalue weighted by Crippen LogP contribution is -2.56. The fraction of sp³-hybridized carbons (Fsp3) is 0.867. The maximum Gasteiger partial charge on any atom is 0.408 e. The molecule has 0 aromatic rings. The fourth-order valence-corrected chi connectivity index (χ4v) is 6.79. The first-order valence-corrected chi connectivity index (χ1v) is 14.3. The average Bonchev–Trinajstić information content (AvgIpc) is 3.71. The minimum atomic E-state index is -0.675. The predicted molar refractivity (Wildman–Crippen MR) is 150 cm³/mol. The molecule has 218 valence electrons. The van der Waals surface area contributed by atoms with Crippen LogP contribution in [0.4, 0.5) is 4.79 Å². The summed E-state index contributed by atoms with van der Waals surface area (Å²) in [4.78, 5) is 28.3. The largest absolute Gasteiger partial charge is 0.443 e. The summed E-state index contributed by atoms with van der Waals surface area (Å²) < 4.78 is 18.1. The average molecular weight is 536 g/mol. The molecular weight excluding hydrogens is 482 g/mol. The number of nitrogens with zero attached hydrogens (tertiary/aromatic N) is 1. The number of rotatable bonds is 12. The second-order valence-corrected chi connectivity index (χ2v) is 13.9. The number of hydrogen-bond donors (Lipinski definition) is 2. The zero-order chi connectivity index (χ0) is 28.5. The molecule has 1 aliphatic heterocycles. The number of hydrogen-bond acceptors (Lipinski definition) is 6. The normalized spacial score (nSPS) is 33.2. The topological polar surface area (TPSA) is 92.4 Å². The van der Waals surface area contributed by atoms with Crippen LogP contribution < -0.4 is 10.6 Å². The summed E-state index contributed by atoms with van der Waals surface area (Å²) in [6, 6.07) is -0.675. The highest BCUT2D eigenvalue weighted by atomic mass is 16.6. The molecular formula is C30H53N3O5. The maximum absolute atomic E-state index is 13.1. The van der Waals surface area contributed by atoms with Gasteiger partial charge < -0.3 is 29.7 Å². The van der Waals surface area contributed by atoms with Crippen LogP contribution in [0, 0.1) is 28.6 Å². The van der Waals surface area contributed by atoms with Gasteiger partial charge in [0.25, 0.3) is 0 Å². The first-order valence-electron chi connectivity index (χ1n) is 14.3. The van der Waals surface area contributed by atoms with Crippen LogP contribution in [-0.2, 0) is 19.0 Å². The van der Waals surface area contributed by atoms with E-state index in [9.17, 15) is 9.59 Å². The number of carbonyl (C=O) groups excluding carboxylic acids is 2. The Bertz CT molecular complexity index is 877. The SMILES string of the molecule is CO[C@@H]1[C@H](OC(=O)N[C@@H](C(=O)NCC(C)(C)CN(C)C)C(C)C)CC[C@]2(CO2)[C@H]1[C@@]1(C)C[C@@H]1CC=C(C)C. The number of nitrogens with one attached hydrogen (secondary N) is 2. The van der Waals surface area contributed by atoms with Gasteiger partial charge in [0, 0.05) is 26.1 Å². The van der Waals surface area contributed by atoms with Crippen molar-refractivity contribution in [3.8, 4) is 0 Å². The van der Waals surface area contributed by atoms with Crippen LogP contribution in [0.2, 0.25) is 0 Å². The summed E-state index contributed by atoms with van der Waals surface area (Å²) in [5.74, 6) is 0.484. The molecule has 0 unspecified atom stereocenters. The lowest BCUT2D eigenvalue weighted by molar-refractivity contribution is -0.126. The zero-order valence-electron chi connectivity index (χ0n) is 25.5. The van der Waals surface area contributed by atoms with Gasteiger partial charge in [0.1, 0.15) is 18.2 Å². The molecule has 3 fully saturated rings. The van der Waals surface area contributed by atoms with Crippen molar-refractivity contribution in [3.63, 3.8) is 0 Å². The number of allylic oxidation sites excluding steroid dienone is 2. The Balaban J connectivity index is 1.64. The monoisotopic (exact) mass is 535 g/mol. The molecule has 2 aliphatic carbocycles. The van der Waals surface area contributed by atoms with Gasteiger partial charge in [0.2, 0.25) is 5.91 Å². The van der Waals surface area contributed by atoms with Gasteiger partial charge in [0.15, 0.2) is 0 Å². The number of epoxide rings is 1. The van der Waals surface area contributed by atoms with Crippen LogP contribution in [0.15, 0.2) is 11.6 Å². The van der Waals surface area contributed by atoms with Gasteiger partial charge in [-0.05, 0) is 76.3 Å². The summed E-state index contributed by atoms with van der Waals surface area (Å²) in [6.07, 6.45) is 4.88. The van der Waals surface area contributed by atoms with E-state index in [2.05, 4.69) is 56.2 Å². The van der Waals surface area contributed by atoms with Crippen molar-refractivity contribution >= 4 is 12.0 Å². The van der Waals surface area contributed by atoms with E-state index in [4.69, 9.17) is 14.2 Å². The zero-order valence-corrected chi connectivity index (χ0v) is 25.5. The maximum atomic E-state index is 13.1. The van der Waals surface area contributed by atoms with Crippen LogP contribution in [0.3, 0.4) is 0 Å². The Morgan fingerprint density at radius 3 is 2.42 bits per heavy atom. The standard InChI is InChI=1S/C30H53N3O5/c1-19(2)11-12-21-15-29(21,7)25-24(36-10)22(13-14-30(25)18-37-30)38-27(35)32-23(20(3)4)26(34)31-16-28(5,6)17-33(8)9/h11,20-25H,12-18H2,1-10H3,(H,31,34)(H,32,35)/t21-,22+,23+,24+,25+,29-,30-/m0/s1. The first-order chi connectivity index (χ1) is 17.6. The van der Waals surface area contributed by atoms with Crippen molar-refractivity contribution < 1.29 is 23.8 Å². The smallest absolute Gasteiger partial charge is 0.408 e. The van der Waals surface area contributed by atoms with E-state index >= 15 is 0 Å². The van der Waals surface area contributed by atoms with E-state index in [1.807, 2.05) is 27.9 Å². The third-order valence-corrected chi connectivity index (χ3v) is 8.85. The number of carbonyl (C=O) groups is 2. The summed E-state index contributed by atoms with van der Waals surface area (Å²) in [7, 11) is 5.75. The van der Waals surface area contributed by atoms with Crippen LogP contribution in [-0.4, -0.2) is 81.7 Å². The molecule has 3 aliphatic rings. The summed E-state index contributed by atoms with van der Waals surface area (Å²) >= 11 is 0. The number of ether oxygens (including phenoxy) is 3. The lowest BCUT2D eigenvalue weighted by atomic mass is 9.67. The molecule has 8 nitrogen and oxygen atoms in total. The van der Waals surface area contributed by atoms with Crippen molar-refractivity contribution in [3.05, 3.63) is 11.6 Å². The first kappa shape index (κ1) is 30.9. The molecule has 38 heavy (non-hydrogen) atoms. The molecule has 3 rings (SSSR count). The number of amides is 2. The van der Waals surface area contributed by atoms with Crippen LogP contribution in [0.25, 0.3) is 0 Å². The third kappa shape index (κ3) is 7.30. The molecule has 0 bridgehead atoms. The quantitative estimate of drug-likeness (QED) is 0.285. The van der Waals surface area contributed by atoms with Gasteiger partial charge in [-0.1, -0.05) is 46.3 Å². The van der Waals surface area contributed by atoms with E-state index in [1.54, 1.807) is 7.11 Å². The van der Waals surface area contributed by atoms with E-state index in [-0.39, 0.29) is 46.4 Å². The van der Waals surface area contributed by atoms with E-state index in [1.165, 1.54) is 5.57 Å². The van der Waals surface area contributed by atoms with Gasteiger partial charge in [-0.3, -0.25) is 4.79 Å². The Labute approximate surface area is 230 Å². The summed E-state index contributed by atoms with van der Waals surface area (Å²) in [5, 5.41) is 5.89. The fourth-order valence-electron chi connectivity index (χ4n) is 6.79.